The van der Waals surface area contributed by atoms with Crippen LogP contribution < -0.4 is 0 Å². The highest BCUT2D eigenvalue weighted by Gasteiger charge is 2.41. The average molecular weight is 288 g/mol. The predicted molar refractivity (Wildman–Crippen MR) is 80.2 cm³/mol. The van der Waals surface area contributed by atoms with E-state index in [-0.39, 0.29) is 5.92 Å². The number of carboxylic acids is 1. The minimum absolute atomic E-state index is 0.389. The molecule has 1 N–H and O–H groups in total. The van der Waals surface area contributed by atoms with E-state index in [0.717, 1.165) is 34.6 Å². The van der Waals surface area contributed by atoms with E-state index in [0.29, 0.717) is 12.3 Å². The Bertz CT molecular complexity index is 547. The lowest BCUT2D eigenvalue weighted by molar-refractivity contribution is -0.141. The van der Waals surface area contributed by atoms with Crippen LogP contribution in [0.2, 0.25) is 0 Å². The van der Waals surface area contributed by atoms with Crippen molar-refractivity contribution in [1.29, 1.82) is 0 Å². The first kappa shape index (κ1) is 14.5. The largest absolute Gasteiger partial charge is 0.481 e. The topological polar surface area (TPSA) is 63.1 Å². The monoisotopic (exact) mass is 288 g/mol. The quantitative estimate of drug-likeness (QED) is 0.923. The second-order valence-corrected chi connectivity index (χ2v) is 6.96. The van der Waals surface area contributed by atoms with E-state index in [2.05, 4.69) is 0 Å². The molecule has 0 saturated heterocycles. The Balaban J connectivity index is 1.84. The Hall–Kier alpha value is -1.45. The van der Waals surface area contributed by atoms with Gasteiger partial charge < -0.3 is 5.11 Å². The molecule has 2 bridgehead atoms. The normalized spacial score (nSPS) is 28.8. The summed E-state index contributed by atoms with van der Waals surface area (Å²) >= 11 is 0. The van der Waals surface area contributed by atoms with Gasteiger partial charge in [-0.15, -0.1) is 0 Å². The number of hydrogen-bond donors (Lipinski definition) is 1. The number of hydrogen-bond acceptors (Lipinski definition) is 3. The summed E-state index contributed by atoms with van der Waals surface area (Å²) < 4.78 is 0. The number of aryl methyl sites for hydroxylation is 2. The van der Waals surface area contributed by atoms with Gasteiger partial charge in [-0.05, 0) is 56.9 Å². The zero-order chi connectivity index (χ0) is 15.1. The van der Waals surface area contributed by atoms with Crippen molar-refractivity contribution in [2.24, 2.45) is 17.8 Å². The molecule has 2 aliphatic rings. The summed E-state index contributed by atoms with van der Waals surface area (Å²) in [5.41, 5.74) is 2.94. The molecular formula is C17H24N2O2. The molecule has 2 aliphatic carbocycles. The number of rotatable bonds is 4. The summed E-state index contributed by atoms with van der Waals surface area (Å²) in [7, 11) is 0. The van der Waals surface area contributed by atoms with Crippen LogP contribution in [0.5, 0.6) is 0 Å². The van der Waals surface area contributed by atoms with Gasteiger partial charge in [0, 0.05) is 17.3 Å². The van der Waals surface area contributed by atoms with E-state index in [1.807, 2.05) is 13.8 Å². The predicted octanol–water partition coefficient (Wildman–Crippen LogP) is 3.26. The maximum atomic E-state index is 11.0. The molecular weight excluding hydrogens is 264 g/mol. The lowest BCUT2D eigenvalue weighted by Crippen LogP contribution is -2.18. The van der Waals surface area contributed by atoms with E-state index < -0.39 is 5.97 Å². The van der Waals surface area contributed by atoms with Crippen LogP contribution in [0.3, 0.4) is 0 Å². The molecule has 4 unspecified atom stereocenters. The number of aliphatic carboxylic acids is 1. The van der Waals surface area contributed by atoms with E-state index in [4.69, 9.17) is 15.1 Å². The van der Waals surface area contributed by atoms with Gasteiger partial charge in [-0.3, -0.25) is 4.79 Å². The first-order valence-corrected chi connectivity index (χ1v) is 8.02. The molecule has 3 rings (SSSR count). The molecule has 0 amide bonds. The van der Waals surface area contributed by atoms with Crippen molar-refractivity contribution < 1.29 is 9.90 Å². The smallest absolute Gasteiger partial charge is 0.306 e. The summed E-state index contributed by atoms with van der Waals surface area (Å²) in [6.07, 6.45) is 5.82. The molecule has 21 heavy (non-hydrogen) atoms. The van der Waals surface area contributed by atoms with Crippen LogP contribution in [-0.2, 0) is 11.2 Å². The molecule has 1 aromatic rings. The molecule has 0 spiro atoms. The summed E-state index contributed by atoms with van der Waals surface area (Å²) in [6.45, 7) is 5.73. The van der Waals surface area contributed by atoms with E-state index in [9.17, 15) is 4.79 Å². The number of carboxylic acid groups (broad SMARTS) is 1. The number of aromatic nitrogens is 2. The SMILES string of the molecule is Cc1nc(C2CC3CCC2C3)nc(C)c1CC(C)C(=O)O. The Morgan fingerprint density at radius 3 is 2.38 bits per heavy atom. The number of nitrogens with zero attached hydrogens (tertiary/aromatic N) is 2. The van der Waals surface area contributed by atoms with E-state index >= 15 is 0 Å². The van der Waals surface area contributed by atoms with Gasteiger partial charge in [-0.25, -0.2) is 9.97 Å². The third kappa shape index (κ3) is 2.68. The second-order valence-electron chi connectivity index (χ2n) is 6.96. The van der Waals surface area contributed by atoms with Crippen molar-refractivity contribution in [3.63, 3.8) is 0 Å². The third-order valence-electron chi connectivity index (χ3n) is 5.44. The fourth-order valence-electron chi connectivity index (χ4n) is 4.18. The van der Waals surface area contributed by atoms with Crippen molar-refractivity contribution in [2.75, 3.05) is 0 Å². The highest BCUT2D eigenvalue weighted by molar-refractivity contribution is 5.70. The fraction of sp³-hybridized carbons (Fsp3) is 0.706. The zero-order valence-electron chi connectivity index (χ0n) is 13.1. The molecule has 4 heteroatoms. The molecule has 4 nitrogen and oxygen atoms in total. The van der Waals surface area contributed by atoms with E-state index in [1.54, 1.807) is 6.92 Å². The van der Waals surface area contributed by atoms with Crippen LogP contribution in [0.1, 0.15) is 61.3 Å². The highest BCUT2D eigenvalue weighted by atomic mass is 16.4. The average Bonchev–Trinajstić information content (AvgIpc) is 3.04. The Labute approximate surface area is 126 Å². The molecule has 0 radical (unpaired) electrons. The van der Waals surface area contributed by atoms with Crippen LogP contribution in [0.15, 0.2) is 0 Å². The van der Waals surface area contributed by atoms with Gasteiger partial charge in [0.25, 0.3) is 0 Å². The summed E-state index contributed by atoms with van der Waals surface area (Å²) in [6, 6.07) is 0. The summed E-state index contributed by atoms with van der Waals surface area (Å²) in [4.78, 5) is 20.5. The fourth-order valence-corrected chi connectivity index (χ4v) is 4.18. The summed E-state index contributed by atoms with van der Waals surface area (Å²) in [5.74, 6) is 2.05. The van der Waals surface area contributed by atoms with Gasteiger partial charge in [-0.2, -0.15) is 0 Å². The second kappa shape index (κ2) is 5.39. The van der Waals surface area contributed by atoms with Gasteiger partial charge in [-0.1, -0.05) is 13.3 Å². The van der Waals surface area contributed by atoms with Crippen molar-refractivity contribution in [3.05, 3.63) is 22.8 Å². The van der Waals surface area contributed by atoms with E-state index in [1.165, 1.54) is 25.7 Å². The Morgan fingerprint density at radius 1 is 1.24 bits per heavy atom. The van der Waals surface area contributed by atoms with Crippen LogP contribution in [-0.4, -0.2) is 21.0 Å². The van der Waals surface area contributed by atoms with Gasteiger partial charge in [0.2, 0.25) is 0 Å². The van der Waals surface area contributed by atoms with Gasteiger partial charge in [0.15, 0.2) is 0 Å². The van der Waals surface area contributed by atoms with Gasteiger partial charge in [0.1, 0.15) is 5.82 Å². The number of carbonyl (C=O) groups is 1. The van der Waals surface area contributed by atoms with Crippen LogP contribution in [0.25, 0.3) is 0 Å². The van der Waals surface area contributed by atoms with Crippen molar-refractivity contribution >= 4 is 5.97 Å². The lowest BCUT2D eigenvalue weighted by Gasteiger charge is -2.22. The van der Waals surface area contributed by atoms with Crippen molar-refractivity contribution in [3.8, 4) is 0 Å². The van der Waals surface area contributed by atoms with Crippen LogP contribution in [0.4, 0.5) is 0 Å². The molecule has 2 saturated carbocycles. The van der Waals surface area contributed by atoms with Crippen LogP contribution >= 0.6 is 0 Å². The molecule has 0 aromatic carbocycles. The molecule has 0 aliphatic heterocycles. The molecule has 1 aromatic heterocycles. The van der Waals surface area contributed by atoms with Crippen molar-refractivity contribution in [2.45, 2.75) is 58.8 Å². The minimum Gasteiger partial charge on any atom is -0.481 e. The van der Waals surface area contributed by atoms with Gasteiger partial charge >= 0.3 is 5.97 Å². The summed E-state index contributed by atoms with van der Waals surface area (Å²) in [5, 5.41) is 9.08. The maximum absolute atomic E-state index is 11.0. The Kier molecular flexibility index (Phi) is 3.72. The first-order valence-electron chi connectivity index (χ1n) is 8.02. The zero-order valence-corrected chi connectivity index (χ0v) is 13.1. The Morgan fingerprint density at radius 2 is 1.90 bits per heavy atom. The molecule has 1 heterocycles. The van der Waals surface area contributed by atoms with Gasteiger partial charge in [0.05, 0.1) is 5.92 Å². The standard InChI is InChI=1S/C17H24N2O2/c1-9(17(20)21)6-14-10(2)18-16(19-11(14)3)15-8-12-4-5-13(15)7-12/h9,12-13,15H,4-8H2,1-3H3,(H,20,21). The molecule has 4 atom stereocenters. The molecule has 2 fully saturated rings. The van der Waals surface area contributed by atoms with Crippen LogP contribution in [0, 0.1) is 31.6 Å². The first-order chi connectivity index (χ1) is 9.95. The maximum Gasteiger partial charge on any atom is 0.306 e. The third-order valence-corrected chi connectivity index (χ3v) is 5.44. The van der Waals surface area contributed by atoms with Crippen molar-refractivity contribution in [1.82, 2.24) is 9.97 Å². The minimum atomic E-state index is -0.758. The molecule has 114 valence electrons. The highest BCUT2D eigenvalue weighted by Crippen LogP contribution is 2.52. The number of fused-ring (bicyclic) bond motifs is 2. The lowest BCUT2D eigenvalue weighted by atomic mass is 9.88.